The van der Waals surface area contributed by atoms with E-state index in [4.69, 9.17) is 0 Å². The van der Waals surface area contributed by atoms with Crippen LogP contribution in [0.1, 0.15) is 6.42 Å². The zero-order valence-electron chi connectivity index (χ0n) is 8.15. The number of halogens is 6. The molecule has 0 aliphatic heterocycles. The van der Waals surface area contributed by atoms with E-state index in [2.05, 4.69) is 4.74 Å². The van der Waals surface area contributed by atoms with E-state index in [1.807, 2.05) is 0 Å². The van der Waals surface area contributed by atoms with Crippen LogP contribution in [0, 0.1) is 0 Å². The lowest BCUT2D eigenvalue weighted by molar-refractivity contribution is -0.275. The molecule has 0 heterocycles. The van der Waals surface area contributed by atoms with E-state index in [1.54, 1.807) is 0 Å². The topological polar surface area (TPSA) is 29.5 Å². The Hall–Kier alpha value is -0.990. The fourth-order valence-electron chi connectivity index (χ4n) is 0.840. The van der Waals surface area contributed by atoms with E-state index < -0.39 is 42.9 Å². The number of hydrogen-bond acceptors (Lipinski definition) is 3. The maximum atomic E-state index is 12.1. The summed E-state index contributed by atoms with van der Waals surface area (Å²) in [5, 5.41) is 0. The molecule has 0 fully saturated rings. The van der Waals surface area contributed by atoms with Crippen molar-refractivity contribution in [2.75, 3.05) is 20.2 Å². The van der Waals surface area contributed by atoms with Crippen molar-refractivity contribution in [3.05, 3.63) is 0 Å². The fraction of sp³-hybridized carbons (Fsp3) is 0.857. The number of carbonyl (C=O) groups is 1. The highest BCUT2D eigenvalue weighted by atomic mass is 19.4. The van der Waals surface area contributed by atoms with Gasteiger partial charge in [0.05, 0.1) is 13.5 Å². The van der Waals surface area contributed by atoms with E-state index in [-0.39, 0.29) is 0 Å². The first-order valence-electron chi connectivity index (χ1n) is 4.01. The third kappa shape index (κ3) is 6.49. The van der Waals surface area contributed by atoms with Crippen molar-refractivity contribution >= 4 is 5.97 Å². The van der Waals surface area contributed by atoms with Crippen LogP contribution in [-0.2, 0) is 9.53 Å². The van der Waals surface area contributed by atoms with E-state index >= 15 is 0 Å². The predicted octanol–water partition coefficient (Wildman–Crippen LogP) is 1.93. The largest absolute Gasteiger partial charge is 0.469 e. The van der Waals surface area contributed by atoms with E-state index in [9.17, 15) is 31.1 Å². The lowest BCUT2D eigenvalue weighted by Crippen LogP contribution is -2.45. The van der Waals surface area contributed by atoms with Gasteiger partial charge in [-0.15, -0.1) is 0 Å². The van der Waals surface area contributed by atoms with Gasteiger partial charge in [0.1, 0.15) is 6.54 Å². The molecule has 0 saturated carbocycles. The lowest BCUT2D eigenvalue weighted by Gasteiger charge is -2.25. The number of esters is 1. The summed E-state index contributed by atoms with van der Waals surface area (Å²) >= 11 is 0. The molecule has 0 atom stereocenters. The van der Waals surface area contributed by atoms with E-state index in [0.717, 1.165) is 7.11 Å². The summed E-state index contributed by atoms with van der Waals surface area (Å²) in [4.78, 5) is 9.72. The highest BCUT2D eigenvalue weighted by Gasteiger charge is 2.44. The Bertz CT molecular complexity index is 236. The Kier molecular flexibility index (Phi) is 5.04. The van der Waals surface area contributed by atoms with E-state index in [0.29, 0.717) is 0 Å². The van der Waals surface area contributed by atoms with Gasteiger partial charge in [-0.1, -0.05) is 0 Å². The second-order valence-corrected chi connectivity index (χ2v) is 2.83. The number of methoxy groups -OCH3 is 1. The van der Waals surface area contributed by atoms with Crippen LogP contribution in [0.2, 0.25) is 0 Å². The molecule has 0 aromatic heterocycles. The minimum atomic E-state index is -5.14. The molecular weight excluding hydrogens is 244 g/mol. The number of nitrogens with zero attached hydrogens (tertiary/aromatic N) is 1. The molecule has 0 aliphatic rings. The smallest absolute Gasteiger partial charge is 0.460 e. The Morgan fingerprint density at radius 2 is 1.69 bits per heavy atom. The van der Waals surface area contributed by atoms with Crippen molar-refractivity contribution in [3.8, 4) is 0 Å². The molecule has 0 aliphatic carbocycles. The molecule has 0 saturated heterocycles. The summed E-state index contributed by atoms with van der Waals surface area (Å²) in [6.45, 7) is -3.23. The SMILES string of the molecule is COC(=O)CCN(CC(F)(F)F)C(F)(F)F. The van der Waals surface area contributed by atoms with Crippen LogP contribution < -0.4 is 0 Å². The molecule has 0 aromatic carbocycles. The summed E-state index contributed by atoms with van der Waals surface area (Å²) in [7, 11) is 0.935. The average Bonchev–Trinajstić information content (AvgIpc) is 2.08. The van der Waals surface area contributed by atoms with Gasteiger partial charge >= 0.3 is 18.4 Å². The Morgan fingerprint density at radius 3 is 2.00 bits per heavy atom. The van der Waals surface area contributed by atoms with Crippen LogP contribution >= 0.6 is 0 Å². The molecule has 3 nitrogen and oxygen atoms in total. The van der Waals surface area contributed by atoms with Crippen LogP contribution in [-0.4, -0.2) is 43.5 Å². The van der Waals surface area contributed by atoms with Gasteiger partial charge in [0.25, 0.3) is 0 Å². The molecular formula is C7H9F6NO2. The zero-order chi connectivity index (χ0) is 13.0. The van der Waals surface area contributed by atoms with Crippen molar-refractivity contribution in [2.45, 2.75) is 18.9 Å². The minimum absolute atomic E-state index is 0.758. The van der Waals surface area contributed by atoms with Crippen LogP contribution in [0.3, 0.4) is 0 Å². The van der Waals surface area contributed by atoms with Crippen LogP contribution in [0.5, 0.6) is 0 Å². The molecule has 0 unspecified atom stereocenters. The van der Waals surface area contributed by atoms with Crippen molar-refractivity contribution in [1.82, 2.24) is 4.90 Å². The van der Waals surface area contributed by atoms with Crippen LogP contribution in [0.15, 0.2) is 0 Å². The Balaban J connectivity index is 4.40. The maximum absolute atomic E-state index is 12.1. The highest BCUT2D eigenvalue weighted by Crippen LogP contribution is 2.26. The van der Waals surface area contributed by atoms with Gasteiger partial charge in [-0.2, -0.15) is 26.3 Å². The molecule has 9 heteroatoms. The quantitative estimate of drug-likeness (QED) is 0.435. The molecule has 0 spiro atoms. The first-order chi connectivity index (χ1) is 7.06. The molecule has 0 N–H and O–H groups in total. The second-order valence-electron chi connectivity index (χ2n) is 2.83. The number of hydrogen-bond donors (Lipinski definition) is 0. The average molecular weight is 253 g/mol. The van der Waals surface area contributed by atoms with E-state index in [1.165, 1.54) is 0 Å². The van der Waals surface area contributed by atoms with Gasteiger partial charge < -0.3 is 4.74 Å². The summed E-state index contributed by atoms with van der Waals surface area (Å²) < 4.78 is 75.6. The van der Waals surface area contributed by atoms with Crippen LogP contribution in [0.25, 0.3) is 0 Å². The third-order valence-electron chi connectivity index (χ3n) is 1.54. The normalized spacial score (nSPS) is 13.0. The molecule has 0 rings (SSSR count). The van der Waals surface area contributed by atoms with Gasteiger partial charge in [-0.3, -0.25) is 4.79 Å². The highest BCUT2D eigenvalue weighted by molar-refractivity contribution is 5.69. The van der Waals surface area contributed by atoms with Gasteiger partial charge in [0.15, 0.2) is 0 Å². The minimum Gasteiger partial charge on any atom is -0.469 e. The summed E-state index contributed by atoms with van der Waals surface area (Å²) in [6.07, 6.45) is -10.9. The van der Waals surface area contributed by atoms with Crippen molar-refractivity contribution in [2.24, 2.45) is 0 Å². The monoisotopic (exact) mass is 253 g/mol. The summed E-state index contributed by atoms with van der Waals surface area (Å²) in [5.74, 6) is -1.00. The van der Waals surface area contributed by atoms with Crippen LogP contribution in [0.4, 0.5) is 26.3 Å². The molecule has 96 valence electrons. The molecule has 0 bridgehead atoms. The number of alkyl halides is 6. The maximum Gasteiger partial charge on any atom is 0.460 e. The summed E-state index contributed by atoms with van der Waals surface area (Å²) in [6, 6.07) is 0. The molecule has 0 amide bonds. The second kappa shape index (κ2) is 5.37. The number of rotatable bonds is 4. The molecule has 16 heavy (non-hydrogen) atoms. The van der Waals surface area contributed by atoms with Gasteiger partial charge in [-0.05, 0) is 0 Å². The Labute approximate surface area is 87.0 Å². The lowest BCUT2D eigenvalue weighted by atomic mass is 10.4. The number of carbonyl (C=O) groups excluding carboxylic acids is 1. The summed E-state index contributed by atoms with van der Waals surface area (Å²) in [5.41, 5.74) is 0. The first-order valence-corrected chi connectivity index (χ1v) is 4.01. The predicted molar refractivity (Wildman–Crippen MR) is 40.3 cm³/mol. The van der Waals surface area contributed by atoms with Gasteiger partial charge in [0.2, 0.25) is 0 Å². The Morgan fingerprint density at radius 1 is 1.19 bits per heavy atom. The van der Waals surface area contributed by atoms with Gasteiger partial charge in [-0.25, -0.2) is 4.90 Å². The fourth-order valence-corrected chi connectivity index (χ4v) is 0.840. The first kappa shape index (κ1) is 15.0. The molecule has 0 aromatic rings. The standard InChI is InChI=1S/C7H9F6NO2/c1-16-5(15)2-3-14(7(11,12)13)4-6(8,9)10/h2-4H2,1H3. The van der Waals surface area contributed by atoms with Crippen molar-refractivity contribution < 1.29 is 35.9 Å². The van der Waals surface area contributed by atoms with Crippen molar-refractivity contribution in [1.29, 1.82) is 0 Å². The van der Waals surface area contributed by atoms with Crippen molar-refractivity contribution in [3.63, 3.8) is 0 Å². The molecule has 0 radical (unpaired) electrons. The third-order valence-corrected chi connectivity index (χ3v) is 1.54. The number of ether oxygens (including phenoxy) is 1. The zero-order valence-corrected chi connectivity index (χ0v) is 8.15. The van der Waals surface area contributed by atoms with Gasteiger partial charge in [0, 0.05) is 6.54 Å².